The molecule has 0 radical (unpaired) electrons. The van der Waals surface area contributed by atoms with Crippen LogP contribution in [0.3, 0.4) is 0 Å². The van der Waals surface area contributed by atoms with Crippen molar-refractivity contribution < 1.29 is 9.21 Å². The van der Waals surface area contributed by atoms with Crippen LogP contribution in [0.2, 0.25) is 0 Å². The molecule has 16 heavy (non-hydrogen) atoms. The third-order valence-corrected chi connectivity index (χ3v) is 3.13. The van der Waals surface area contributed by atoms with Gasteiger partial charge in [-0.05, 0) is 6.07 Å². The van der Waals surface area contributed by atoms with Crippen LogP contribution >= 0.6 is 24.0 Å². The van der Waals surface area contributed by atoms with Crippen LogP contribution < -0.4 is 10.2 Å². The highest BCUT2D eigenvalue weighted by Gasteiger charge is 2.22. The molecule has 1 N–H and O–H groups in total. The summed E-state index contributed by atoms with van der Waals surface area (Å²) in [4.78, 5) is 13.8. The fourth-order valence-electron chi connectivity index (χ4n) is 1.21. The molecule has 1 aromatic heterocycles. The largest absolute Gasteiger partial charge is 0.441 e. The van der Waals surface area contributed by atoms with Gasteiger partial charge < -0.3 is 14.6 Å². The third-order valence-electron chi connectivity index (χ3n) is 1.97. The molecule has 2 rings (SSSR count). The minimum absolute atomic E-state index is 0.169. The smallest absolute Gasteiger partial charge is 0.263 e. The zero-order chi connectivity index (χ0) is 11.7. The van der Waals surface area contributed by atoms with E-state index in [0.29, 0.717) is 15.0 Å². The van der Waals surface area contributed by atoms with Crippen LogP contribution in [0.1, 0.15) is 5.76 Å². The van der Waals surface area contributed by atoms with Gasteiger partial charge in [-0.25, -0.2) is 0 Å². The number of nitrogens with one attached hydrogen (secondary N) is 1. The highest BCUT2D eigenvalue weighted by atomic mass is 32.2. The van der Waals surface area contributed by atoms with Crippen molar-refractivity contribution >= 4 is 46.2 Å². The van der Waals surface area contributed by atoms with Crippen molar-refractivity contribution in [3.63, 3.8) is 0 Å². The maximum atomic E-state index is 11.4. The van der Waals surface area contributed by atoms with Crippen molar-refractivity contribution in [2.75, 3.05) is 19.0 Å². The number of amides is 1. The third kappa shape index (κ3) is 2.28. The number of carbonyl (C=O) groups is 1. The van der Waals surface area contributed by atoms with E-state index < -0.39 is 0 Å². The van der Waals surface area contributed by atoms with Gasteiger partial charge in [-0.2, -0.15) is 0 Å². The zero-order valence-electron chi connectivity index (χ0n) is 8.81. The van der Waals surface area contributed by atoms with Crippen LogP contribution in [-0.4, -0.2) is 24.3 Å². The minimum Gasteiger partial charge on any atom is -0.441 e. The Labute approximate surface area is 103 Å². The van der Waals surface area contributed by atoms with E-state index in [1.165, 1.54) is 11.8 Å². The van der Waals surface area contributed by atoms with Crippen molar-refractivity contribution in [1.82, 2.24) is 5.32 Å². The number of anilines is 1. The van der Waals surface area contributed by atoms with Crippen molar-refractivity contribution in [3.8, 4) is 0 Å². The Morgan fingerprint density at radius 2 is 2.25 bits per heavy atom. The zero-order valence-corrected chi connectivity index (χ0v) is 10.4. The van der Waals surface area contributed by atoms with Crippen molar-refractivity contribution in [3.05, 3.63) is 22.8 Å². The van der Waals surface area contributed by atoms with Crippen LogP contribution in [0, 0.1) is 0 Å². The molecule has 0 unspecified atom stereocenters. The predicted octanol–water partition coefficient (Wildman–Crippen LogP) is 1.83. The number of rotatable bonds is 2. The van der Waals surface area contributed by atoms with Crippen LogP contribution in [-0.2, 0) is 4.79 Å². The van der Waals surface area contributed by atoms with Gasteiger partial charge in [0.2, 0.25) is 0 Å². The van der Waals surface area contributed by atoms with Crippen LogP contribution in [0.15, 0.2) is 21.5 Å². The maximum Gasteiger partial charge on any atom is 0.263 e. The second-order valence-electron chi connectivity index (χ2n) is 3.42. The SMILES string of the molecule is CN(C)c1ccc(/C=C2/SC(=S)NC2=O)o1. The van der Waals surface area contributed by atoms with Gasteiger partial charge >= 0.3 is 0 Å². The molecule has 1 aliphatic heterocycles. The molecule has 0 aromatic carbocycles. The minimum atomic E-state index is -0.169. The lowest BCUT2D eigenvalue weighted by Crippen LogP contribution is -2.17. The molecule has 0 atom stereocenters. The fraction of sp³-hybridized carbons (Fsp3) is 0.200. The number of hydrogen-bond acceptors (Lipinski definition) is 5. The van der Waals surface area contributed by atoms with E-state index in [1.807, 2.05) is 31.1 Å². The van der Waals surface area contributed by atoms with Crippen LogP contribution in [0.5, 0.6) is 0 Å². The predicted molar refractivity (Wildman–Crippen MR) is 69.3 cm³/mol. The van der Waals surface area contributed by atoms with Crippen molar-refractivity contribution in [2.45, 2.75) is 0 Å². The Morgan fingerprint density at radius 1 is 1.50 bits per heavy atom. The summed E-state index contributed by atoms with van der Waals surface area (Å²) in [5.41, 5.74) is 0. The lowest BCUT2D eigenvalue weighted by molar-refractivity contribution is -0.115. The molecule has 0 bridgehead atoms. The molecule has 1 saturated heterocycles. The molecular weight excluding hydrogens is 244 g/mol. The lowest BCUT2D eigenvalue weighted by Gasteiger charge is -2.05. The first-order valence-electron chi connectivity index (χ1n) is 4.58. The van der Waals surface area contributed by atoms with Gasteiger partial charge in [-0.15, -0.1) is 0 Å². The first-order valence-corrected chi connectivity index (χ1v) is 5.81. The van der Waals surface area contributed by atoms with Gasteiger partial charge in [0.05, 0.1) is 4.91 Å². The summed E-state index contributed by atoms with van der Waals surface area (Å²) in [6, 6.07) is 3.67. The number of thioether (sulfide) groups is 1. The molecular formula is C10H10N2O2S2. The Balaban J connectivity index is 2.22. The van der Waals surface area contributed by atoms with Crippen molar-refractivity contribution in [2.24, 2.45) is 0 Å². The first-order chi connectivity index (χ1) is 7.56. The maximum absolute atomic E-state index is 11.4. The molecule has 2 heterocycles. The number of thiocarbonyl (C=S) groups is 1. The van der Waals surface area contributed by atoms with Crippen LogP contribution in [0.4, 0.5) is 5.88 Å². The molecule has 1 aliphatic rings. The van der Waals surface area contributed by atoms with E-state index in [9.17, 15) is 4.79 Å². The summed E-state index contributed by atoms with van der Waals surface area (Å²) in [6.45, 7) is 0. The standard InChI is InChI=1S/C10H10N2O2S2/c1-12(2)8-4-3-6(14-8)5-7-9(13)11-10(15)16-7/h3-5H,1-2H3,(H,11,13,15)/b7-5+. The van der Waals surface area contributed by atoms with E-state index in [4.69, 9.17) is 16.6 Å². The Bertz CT molecular complexity index is 477. The summed E-state index contributed by atoms with van der Waals surface area (Å²) in [5.74, 6) is 1.22. The summed E-state index contributed by atoms with van der Waals surface area (Å²) in [5, 5.41) is 2.55. The average Bonchev–Trinajstić information content (AvgIpc) is 2.75. The summed E-state index contributed by atoms with van der Waals surface area (Å²) >= 11 is 6.13. The lowest BCUT2D eigenvalue weighted by atomic mass is 10.4. The van der Waals surface area contributed by atoms with Gasteiger partial charge in [0.1, 0.15) is 10.1 Å². The molecule has 1 aromatic rings. The summed E-state index contributed by atoms with van der Waals surface area (Å²) in [6.07, 6.45) is 1.69. The van der Waals surface area contributed by atoms with E-state index >= 15 is 0 Å². The normalized spacial score (nSPS) is 18.0. The first kappa shape index (κ1) is 11.2. The molecule has 1 amide bonds. The second-order valence-corrected chi connectivity index (χ2v) is 5.14. The number of carbonyl (C=O) groups excluding carboxylic acids is 1. The van der Waals surface area contributed by atoms with Gasteiger partial charge in [-0.3, -0.25) is 4.79 Å². The monoisotopic (exact) mass is 254 g/mol. The summed E-state index contributed by atoms with van der Waals surface area (Å²) < 4.78 is 5.99. The molecule has 84 valence electrons. The van der Waals surface area contributed by atoms with Crippen molar-refractivity contribution in [1.29, 1.82) is 0 Å². The number of hydrogen-bond donors (Lipinski definition) is 1. The molecule has 1 fully saturated rings. The van der Waals surface area contributed by atoms with E-state index in [1.54, 1.807) is 6.08 Å². The van der Waals surface area contributed by atoms with Crippen LogP contribution in [0.25, 0.3) is 6.08 Å². The highest BCUT2D eigenvalue weighted by Crippen LogP contribution is 2.27. The molecule has 0 saturated carbocycles. The van der Waals surface area contributed by atoms with Gasteiger partial charge in [-0.1, -0.05) is 24.0 Å². The molecule has 0 aliphatic carbocycles. The molecule has 0 spiro atoms. The van der Waals surface area contributed by atoms with E-state index in [-0.39, 0.29) is 5.91 Å². The van der Waals surface area contributed by atoms with E-state index in [0.717, 1.165) is 5.88 Å². The Morgan fingerprint density at radius 3 is 2.75 bits per heavy atom. The topological polar surface area (TPSA) is 45.5 Å². The average molecular weight is 254 g/mol. The Hall–Kier alpha value is -1.27. The molecule has 6 heteroatoms. The molecule has 4 nitrogen and oxygen atoms in total. The number of furan rings is 1. The van der Waals surface area contributed by atoms with Gasteiger partial charge in [0.25, 0.3) is 5.91 Å². The fourth-order valence-corrected chi connectivity index (χ4v) is 2.23. The Kier molecular flexibility index (Phi) is 3.02. The number of nitrogens with zero attached hydrogens (tertiary/aromatic N) is 1. The summed E-state index contributed by atoms with van der Waals surface area (Å²) in [7, 11) is 3.78. The van der Waals surface area contributed by atoms with Gasteiger partial charge in [0, 0.05) is 26.2 Å². The van der Waals surface area contributed by atoms with Gasteiger partial charge in [0.15, 0.2) is 5.88 Å². The second kappa shape index (κ2) is 4.31. The van der Waals surface area contributed by atoms with E-state index in [2.05, 4.69) is 5.32 Å². The quantitative estimate of drug-likeness (QED) is 0.644. The highest BCUT2D eigenvalue weighted by molar-refractivity contribution is 8.26.